The van der Waals surface area contributed by atoms with Gasteiger partial charge in [-0.2, -0.15) is 5.10 Å². The van der Waals surface area contributed by atoms with E-state index in [2.05, 4.69) is 17.3 Å². The zero-order valence-electron chi connectivity index (χ0n) is 12.6. The maximum absolute atomic E-state index is 12.6. The second kappa shape index (κ2) is 6.47. The van der Waals surface area contributed by atoms with Gasteiger partial charge in [0.15, 0.2) is 0 Å². The lowest BCUT2D eigenvalue weighted by molar-refractivity contribution is 0.0542. The number of nitrogens with zero attached hydrogens (tertiary/aromatic N) is 3. The van der Waals surface area contributed by atoms with E-state index in [4.69, 9.17) is 4.74 Å². The molecule has 2 unspecified atom stereocenters. The second-order valence-corrected chi connectivity index (χ2v) is 5.82. The minimum absolute atomic E-state index is 0.0224. The van der Waals surface area contributed by atoms with Crippen molar-refractivity contribution >= 4 is 11.8 Å². The normalized spacial score (nSPS) is 25.5. The number of anilines is 1. The molecule has 6 heteroatoms. The van der Waals surface area contributed by atoms with Gasteiger partial charge in [-0.3, -0.25) is 5.32 Å². The maximum Gasteiger partial charge on any atom is 0.323 e. The number of amides is 2. The number of aromatic nitrogens is 2. The smallest absolute Gasteiger partial charge is 0.323 e. The maximum atomic E-state index is 12.6. The van der Waals surface area contributed by atoms with Gasteiger partial charge in [0.05, 0.1) is 18.3 Å². The van der Waals surface area contributed by atoms with Gasteiger partial charge in [0.1, 0.15) is 5.82 Å². The number of rotatable bonds is 4. The Bertz CT molecular complexity index is 482. The molecular weight excluding hydrogens is 268 g/mol. The first-order valence-corrected chi connectivity index (χ1v) is 8.00. The van der Waals surface area contributed by atoms with Gasteiger partial charge < -0.3 is 9.64 Å². The molecule has 2 saturated heterocycles. The molecule has 2 aliphatic heterocycles. The number of nitrogens with one attached hydrogen (secondary N) is 1. The fraction of sp³-hybridized carbons (Fsp3) is 0.733. The minimum Gasteiger partial charge on any atom is -0.376 e. The summed E-state index contributed by atoms with van der Waals surface area (Å²) in [7, 11) is 0. The molecule has 2 aliphatic rings. The molecule has 116 valence electrons. The van der Waals surface area contributed by atoms with E-state index in [1.807, 2.05) is 15.6 Å². The van der Waals surface area contributed by atoms with Crippen molar-refractivity contribution in [3.63, 3.8) is 0 Å². The van der Waals surface area contributed by atoms with Gasteiger partial charge in [0.25, 0.3) is 0 Å². The number of carbonyl (C=O) groups is 1. The first kappa shape index (κ1) is 14.4. The molecule has 0 aliphatic carbocycles. The van der Waals surface area contributed by atoms with Gasteiger partial charge >= 0.3 is 6.03 Å². The zero-order valence-corrected chi connectivity index (χ0v) is 12.6. The fourth-order valence-electron chi connectivity index (χ4n) is 3.35. The molecule has 1 N–H and O–H groups in total. The monoisotopic (exact) mass is 292 g/mol. The van der Waals surface area contributed by atoms with Crippen LogP contribution >= 0.6 is 0 Å². The number of aryl methyl sites for hydroxylation is 1. The molecule has 0 saturated carbocycles. The average molecular weight is 292 g/mol. The molecule has 3 rings (SSSR count). The van der Waals surface area contributed by atoms with E-state index < -0.39 is 0 Å². The van der Waals surface area contributed by atoms with Crippen LogP contribution in [0, 0.1) is 0 Å². The van der Waals surface area contributed by atoms with Crippen LogP contribution in [0.4, 0.5) is 10.6 Å². The standard InChI is InChI=1S/C15H24N4O2/c1-2-9-19-14(7-8-16-19)17-15(20)18-10-3-5-12(18)13-6-4-11-21-13/h7-8,12-13H,2-6,9-11H2,1H3,(H,17,20). The second-order valence-electron chi connectivity index (χ2n) is 5.82. The highest BCUT2D eigenvalue weighted by atomic mass is 16.5. The van der Waals surface area contributed by atoms with Crippen LogP contribution in [0.1, 0.15) is 39.0 Å². The van der Waals surface area contributed by atoms with Crippen LogP contribution < -0.4 is 5.32 Å². The summed E-state index contributed by atoms with van der Waals surface area (Å²) in [5.41, 5.74) is 0. The largest absolute Gasteiger partial charge is 0.376 e. The first-order valence-electron chi connectivity index (χ1n) is 8.00. The molecule has 2 amide bonds. The Morgan fingerprint density at radius 2 is 2.38 bits per heavy atom. The molecule has 2 atom stereocenters. The van der Waals surface area contributed by atoms with E-state index in [-0.39, 0.29) is 18.2 Å². The fourth-order valence-corrected chi connectivity index (χ4v) is 3.35. The average Bonchev–Trinajstić information content (AvgIpc) is 3.20. The van der Waals surface area contributed by atoms with Crippen LogP contribution in [-0.4, -0.2) is 46.0 Å². The van der Waals surface area contributed by atoms with Crippen molar-refractivity contribution < 1.29 is 9.53 Å². The predicted molar refractivity (Wildman–Crippen MR) is 80.2 cm³/mol. The highest BCUT2D eigenvalue weighted by Crippen LogP contribution is 2.28. The van der Waals surface area contributed by atoms with Crippen molar-refractivity contribution in [3.8, 4) is 0 Å². The molecule has 3 heterocycles. The Morgan fingerprint density at radius 3 is 3.14 bits per heavy atom. The lowest BCUT2D eigenvalue weighted by Gasteiger charge is -2.29. The van der Waals surface area contributed by atoms with Gasteiger partial charge in [0, 0.05) is 25.8 Å². The first-order chi connectivity index (χ1) is 10.3. The van der Waals surface area contributed by atoms with E-state index in [9.17, 15) is 4.79 Å². The quantitative estimate of drug-likeness (QED) is 0.927. The van der Waals surface area contributed by atoms with Crippen LogP contribution in [0.25, 0.3) is 0 Å². The third-order valence-corrected chi connectivity index (χ3v) is 4.34. The lowest BCUT2D eigenvalue weighted by Crippen LogP contribution is -2.44. The van der Waals surface area contributed by atoms with Crippen molar-refractivity contribution in [1.82, 2.24) is 14.7 Å². The third kappa shape index (κ3) is 3.05. The van der Waals surface area contributed by atoms with Crippen LogP contribution in [0.5, 0.6) is 0 Å². The van der Waals surface area contributed by atoms with Crippen LogP contribution in [0.15, 0.2) is 12.3 Å². The minimum atomic E-state index is -0.0224. The number of urea groups is 1. The molecule has 1 aromatic rings. The zero-order chi connectivity index (χ0) is 14.7. The van der Waals surface area contributed by atoms with Crippen molar-refractivity contribution in [3.05, 3.63) is 12.3 Å². The Labute approximate surface area is 125 Å². The van der Waals surface area contributed by atoms with Gasteiger partial charge in [-0.25, -0.2) is 9.48 Å². The van der Waals surface area contributed by atoms with E-state index >= 15 is 0 Å². The summed E-state index contributed by atoms with van der Waals surface area (Å²) in [6.45, 7) is 4.57. The van der Waals surface area contributed by atoms with Gasteiger partial charge in [-0.1, -0.05) is 6.92 Å². The number of hydrogen-bond acceptors (Lipinski definition) is 3. The molecule has 0 bridgehead atoms. The molecule has 0 aromatic carbocycles. The summed E-state index contributed by atoms with van der Waals surface area (Å²) in [5, 5.41) is 7.24. The van der Waals surface area contributed by atoms with Crippen molar-refractivity contribution in [2.75, 3.05) is 18.5 Å². The van der Waals surface area contributed by atoms with Crippen molar-refractivity contribution in [2.45, 2.75) is 57.7 Å². The highest BCUT2D eigenvalue weighted by Gasteiger charge is 2.37. The topological polar surface area (TPSA) is 59.4 Å². The van der Waals surface area contributed by atoms with Crippen LogP contribution in [0.3, 0.4) is 0 Å². The molecule has 0 spiro atoms. The summed E-state index contributed by atoms with van der Waals surface area (Å²) < 4.78 is 7.62. The SMILES string of the molecule is CCCn1nccc1NC(=O)N1CCCC1C1CCCO1. The van der Waals surface area contributed by atoms with Crippen molar-refractivity contribution in [1.29, 1.82) is 0 Å². The lowest BCUT2D eigenvalue weighted by atomic mass is 10.1. The highest BCUT2D eigenvalue weighted by molar-refractivity contribution is 5.88. The number of ether oxygens (including phenoxy) is 1. The molecule has 21 heavy (non-hydrogen) atoms. The van der Waals surface area contributed by atoms with Crippen molar-refractivity contribution in [2.24, 2.45) is 0 Å². The number of carbonyl (C=O) groups excluding carboxylic acids is 1. The van der Waals surface area contributed by atoms with E-state index in [1.165, 1.54) is 0 Å². The summed E-state index contributed by atoms with van der Waals surface area (Å²) in [5.74, 6) is 0.778. The van der Waals surface area contributed by atoms with E-state index in [0.717, 1.165) is 57.6 Å². The molecule has 2 fully saturated rings. The Hall–Kier alpha value is -1.56. The summed E-state index contributed by atoms with van der Waals surface area (Å²) in [6.07, 6.45) is 7.24. The van der Waals surface area contributed by atoms with Crippen LogP contribution in [0.2, 0.25) is 0 Å². The molecule has 0 radical (unpaired) electrons. The number of likely N-dealkylation sites (tertiary alicyclic amines) is 1. The van der Waals surface area contributed by atoms with E-state index in [1.54, 1.807) is 6.20 Å². The molecule has 6 nitrogen and oxygen atoms in total. The summed E-state index contributed by atoms with van der Waals surface area (Å²) in [4.78, 5) is 14.5. The predicted octanol–water partition coefficient (Wildman–Crippen LogP) is 2.47. The summed E-state index contributed by atoms with van der Waals surface area (Å²) in [6, 6.07) is 2.06. The van der Waals surface area contributed by atoms with Gasteiger partial charge in [-0.05, 0) is 32.1 Å². The molecule has 1 aromatic heterocycles. The Balaban J connectivity index is 1.65. The Kier molecular flexibility index (Phi) is 4.43. The number of hydrogen-bond donors (Lipinski definition) is 1. The summed E-state index contributed by atoms with van der Waals surface area (Å²) >= 11 is 0. The van der Waals surface area contributed by atoms with Gasteiger partial charge in [-0.15, -0.1) is 0 Å². The van der Waals surface area contributed by atoms with Crippen LogP contribution in [-0.2, 0) is 11.3 Å². The molecular formula is C15H24N4O2. The van der Waals surface area contributed by atoms with Gasteiger partial charge in [0.2, 0.25) is 0 Å². The van der Waals surface area contributed by atoms with E-state index in [0.29, 0.717) is 0 Å². The third-order valence-electron chi connectivity index (χ3n) is 4.34. The Morgan fingerprint density at radius 1 is 1.48 bits per heavy atom.